The molecule has 1 atom stereocenters. The van der Waals surface area contributed by atoms with E-state index in [0.29, 0.717) is 17.9 Å². The zero-order valence-electron chi connectivity index (χ0n) is 15.9. The summed E-state index contributed by atoms with van der Waals surface area (Å²) >= 11 is 0. The van der Waals surface area contributed by atoms with Gasteiger partial charge in [-0.05, 0) is 39.1 Å². The summed E-state index contributed by atoms with van der Waals surface area (Å²) in [7, 11) is 6.03. The van der Waals surface area contributed by atoms with Gasteiger partial charge in [0, 0.05) is 32.3 Å². The van der Waals surface area contributed by atoms with Crippen molar-refractivity contribution in [3.63, 3.8) is 0 Å². The number of amides is 1. The Hall–Kier alpha value is -2.81. The van der Waals surface area contributed by atoms with Gasteiger partial charge >= 0.3 is 0 Å². The van der Waals surface area contributed by atoms with Gasteiger partial charge in [-0.2, -0.15) is 5.10 Å². The number of piperidine rings is 1. The van der Waals surface area contributed by atoms with E-state index in [9.17, 15) is 4.79 Å². The molecule has 9 heteroatoms. The average molecular weight is 368 g/mol. The molecule has 0 saturated carbocycles. The highest BCUT2D eigenvalue weighted by atomic mass is 16.2. The van der Waals surface area contributed by atoms with E-state index in [-0.39, 0.29) is 11.8 Å². The van der Waals surface area contributed by atoms with Crippen LogP contribution in [0, 0.1) is 0 Å². The summed E-state index contributed by atoms with van der Waals surface area (Å²) in [5.41, 5.74) is 1.17. The van der Waals surface area contributed by atoms with Gasteiger partial charge in [-0.3, -0.25) is 4.79 Å². The fourth-order valence-corrected chi connectivity index (χ4v) is 3.66. The Morgan fingerprint density at radius 2 is 2.19 bits per heavy atom. The van der Waals surface area contributed by atoms with E-state index in [4.69, 9.17) is 0 Å². The number of hydrogen-bond acceptors (Lipinski definition) is 6. The topological polar surface area (TPSA) is 84.5 Å². The van der Waals surface area contributed by atoms with Crippen LogP contribution >= 0.6 is 0 Å². The molecule has 0 radical (unpaired) electrons. The summed E-state index contributed by atoms with van der Waals surface area (Å²) < 4.78 is 3.66. The second-order valence-electron chi connectivity index (χ2n) is 7.30. The normalized spacial score (nSPS) is 17.8. The van der Waals surface area contributed by atoms with Gasteiger partial charge in [0.05, 0.1) is 12.7 Å². The van der Waals surface area contributed by atoms with Gasteiger partial charge in [-0.1, -0.05) is 0 Å². The van der Waals surface area contributed by atoms with E-state index < -0.39 is 0 Å². The highest BCUT2D eigenvalue weighted by Gasteiger charge is 2.30. The van der Waals surface area contributed by atoms with Crippen molar-refractivity contribution in [3.05, 3.63) is 41.9 Å². The molecule has 0 bridgehead atoms. The van der Waals surface area contributed by atoms with Crippen LogP contribution in [-0.2, 0) is 13.6 Å². The van der Waals surface area contributed by atoms with Crippen molar-refractivity contribution in [1.29, 1.82) is 0 Å². The summed E-state index contributed by atoms with van der Waals surface area (Å²) in [5.74, 6) is 2.02. The van der Waals surface area contributed by atoms with E-state index in [1.165, 1.54) is 0 Å². The molecule has 4 rings (SSSR count). The van der Waals surface area contributed by atoms with Gasteiger partial charge in [0.15, 0.2) is 11.3 Å². The first-order valence-electron chi connectivity index (χ1n) is 9.15. The van der Waals surface area contributed by atoms with E-state index in [1.807, 2.05) is 38.2 Å². The van der Waals surface area contributed by atoms with Crippen LogP contribution in [0.3, 0.4) is 0 Å². The summed E-state index contributed by atoms with van der Waals surface area (Å²) in [6.07, 6.45) is 5.21. The molecule has 0 spiro atoms. The first-order chi connectivity index (χ1) is 13.0. The Labute approximate surface area is 157 Å². The Morgan fingerprint density at radius 1 is 1.33 bits per heavy atom. The van der Waals surface area contributed by atoms with Crippen LogP contribution < -0.4 is 0 Å². The molecule has 0 aromatic carbocycles. The Bertz CT molecular complexity index is 959. The number of rotatable bonds is 4. The first kappa shape index (κ1) is 17.6. The number of hydrogen-bond donors (Lipinski definition) is 0. The number of likely N-dealkylation sites (tertiary alicyclic amines) is 1. The Kier molecular flexibility index (Phi) is 4.61. The van der Waals surface area contributed by atoms with Crippen LogP contribution in [0.2, 0.25) is 0 Å². The molecule has 1 unspecified atom stereocenters. The minimum absolute atomic E-state index is 0.0402. The lowest BCUT2D eigenvalue weighted by atomic mass is 9.97. The van der Waals surface area contributed by atoms with E-state index in [2.05, 4.69) is 29.7 Å². The maximum absolute atomic E-state index is 13.1. The number of fused-ring (bicyclic) bond motifs is 1. The number of carbonyl (C=O) groups excluding carboxylic acids is 1. The fraction of sp³-hybridized carbons (Fsp3) is 0.500. The van der Waals surface area contributed by atoms with Crippen LogP contribution in [-0.4, -0.2) is 72.3 Å². The zero-order chi connectivity index (χ0) is 19.0. The smallest absolute Gasteiger partial charge is 0.274 e. The summed E-state index contributed by atoms with van der Waals surface area (Å²) in [6, 6.07) is 3.65. The molecule has 1 saturated heterocycles. The third-order valence-corrected chi connectivity index (χ3v) is 5.03. The Morgan fingerprint density at radius 3 is 3.00 bits per heavy atom. The number of aromatic nitrogens is 6. The predicted molar refractivity (Wildman–Crippen MR) is 99.3 cm³/mol. The lowest BCUT2D eigenvalue weighted by molar-refractivity contribution is 0.0695. The third-order valence-electron chi connectivity index (χ3n) is 5.03. The molecule has 1 aliphatic rings. The van der Waals surface area contributed by atoms with Gasteiger partial charge < -0.3 is 14.4 Å². The van der Waals surface area contributed by atoms with Gasteiger partial charge in [0.2, 0.25) is 0 Å². The van der Waals surface area contributed by atoms with E-state index in [1.54, 1.807) is 16.9 Å². The second kappa shape index (κ2) is 7.07. The average Bonchev–Trinajstić information content (AvgIpc) is 3.25. The summed E-state index contributed by atoms with van der Waals surface area (Å²) in [6.45, 7) is 2.11. The molecule has 0 N–H and O–H groups in total. The molecule has 9 nitrogen and oxygen atoms in total. The predicted octanol–water partition coefficient (Wildman–Crippen LogP) is 0.939. The van der Waals surface area contributed by atoms with Gasteiger partial charge in [0.25, 0.3) is 5.91 Å². The van der Waals surface area contributed by atoms with Gasteiger partial charge in [0.1, 0.15) is 11.6 Å². The molecular formula is C18H24N8O. The highest BCUT2D eigenvalue weighted by molar-refractivity contribution is 5.93. The minimum Gasteiger partial charge on any atom is -0.337 e. The SMILES string of the molecule is CN(C)Cc1nnc(C2CCCN(C(=O)c3cnc4cccnn34)C2)n1C. The minimum atomic E-state index is -0.0402. The zero-order valence-corrected chi connectivity index (χ0v) is 15.9. The Balaban J connectivity index is 1.55. The fourth-order valence-electron chi connectivity index (χ4n) is 3.66. The first-order valence-corrected chi connectivity index (χ1v) is 9.15. The van der Waals surface area contributed by atoms with Crippen molar-refractivity contribution in [2.45, 2.75) is 25.3 Å². The van der Waals surface area contributed by atoms with Gasteiger partial charge in [-0.25, -0.2) is 9.50 Å². The van der Waals surface area contributed by atoms with E-state index >= 15 is 0 Å². The van der Waals surface area contributed by atoms with Crippen molar-refractivity contribution in [3.8, 4) is 0 Å². The van der Waals surface area contributed by atoms with Crippen molar-refractivity contribution in [1.82, 2.24) is 39.2 Å². The van der Waals surface area contributed by atoms with Crippen LogP contribution in [0.4, 0.5) is 0 Å². The number of nitrogens with zero attached hydrogens (tertiary/aromatic N) is 8. The lowest BCUT2D eigenvalue weighted by Crippen LogP contribution is -2.40. The molecule has 1 aliphatic heterocycles. The monoisotopic (exact) mass is 368 g/mol. The molecule has 3 aromatic rings. The maximum atomic E-state index is 13.1. The van der Waals surface area contributed by atoms with Crippen LogP contribution in [0.5, 0.6) is 0 Å². The molecule has 142 valence electrons. The van der Waals surface area contributed by atoms with Crippen molar-refractivity contribution < 1.29 is 4.79 Å². The molecular weight excluding hydrogens is 344 g/mol. The summed E-state index contributed by atoms with van der Waals surface area (Å²) in [5, 5.41) is 13.0. The standard InChI is InChI=1S/C18H24N8O/c1-23(2)12-16-21-22-17(24(16)3)13-6-5-9-25(11-13)18(27)14-10-19-15-7-4-8-20-26(14)15/h4,7-8,10,13H,5-6,9,11-12H2,1-3H3. The van der Waals surface area contributed by atoms with Crippen LogP contribution in [0.25, 0.3) is 5.65 Å². The number of imidazole rings is 1. The molecule has 3 aromatic heterocycles. The summed E-state index contributed by atoms with van der Waals surface area (Å²) in [4.78, 5) is 21.3. The second-order valence-corrected chi connectivity index (χ2v) is 7.30. The van der Waals surface area contributed by atoms with E-state index in [0.717, 1.165) is 37.6 Å². The largest absolute Gasteiger partial charge is 0.337 e. The van der Waals surface area contributed by atoms with Crippen molar-refractivity contribution >= 4 is 11.6 Å². The van der Waals surface area contributed by atoms with Crippen LogP contribution in [0.1, 0.15) is 40.9 Å². The van der Waals surface area contributed by atoms with Crippen LogP contribution in [0.15, 0.2) is 24.5 Å². The van der Waals surface area contributed by atoms with Gasteiger partial charge in [-0.15, -0.1) is 10.2 Å². The molecule has 1 fully saturated rings. The molecule has 1 amide bonds. The quantitative estimate of drug-likeness (QED) is 0.681. The lowest BCUT2D eigenvalue weighted by Gasteiger charge is -2.32. The highest BCUT2D eigenvalue weighted by Crippen LogP contribution is 2.27. The number of carbonyl (C=O) groups is 1. The molecule has 0 aliphatic carbocycles. The molecule has 27 heavy (non-hydrogen) atoms. The molecule has 4 heterocycles. The third kappa shape index (κ3) is 3.30. The maximum Gasteiger partial charge on any atom is 0.274 e. The van der Waals surface area contributed by atoms with Crippen molar-refractivity contribution in [2.75, 3.05) is 27.2 Å². The van der Waals surface area contributed by atoms with Crippen molar-refractivity contribution in [2.24, 2.45) is 7.05 Å².